The summed E-state index contributed by atoms with van der Waals surface area (Å²) >= 11 is 3.40. The predicted octanol–water partition coefficient (Wildman–Crippen LogP) is 3.48. The van der Waals surface area contributed by atoms with Crippen molar-refractivity contribution in [3.05, 3.63) is 23.2 Å². The van der Waals surface area contributed by atoms with Crippen LogP contribution in [0.3, 0.4) is 0 Å². The van der Waals surface area contributed by atoms with E-state index in [2.05, 4.69) is 38.1 Å². The van der Waals surface area contributed by atoms with Crippen LogP contribution >= 0.6 is 15.9 Å². The highest BCUT2D eigenvalue weighted by Gasteiger charge is 2.05. The molecule has 0 aliphatic carbocycles. The molecule has 0 unspecified atom stereocenters. The lowest BCUT2D eigenvalue weighted by atomic mass is 10.2. The molecule has 0 aliphatic heterocycles. The minimum atomic E-state index is 0.819. The Morgan fingerprint density at radius 1 is 1.35 bits per heavy atom. The van der Waals surface area contributed by atoms with Gasteiger partial charge in [0.05, 0.1) is 0 Å². The molecule has 0 saturated carbocycles. The minimum Gasteiger partial charge on any atom is -0.367 e. The molecule has 0 saturated heterocycles. The van der Waals surface area contributed by atoms with E-state index in [0.717, 1.165) is 22.6 Å². The van der Waals surface area contributed by atoms with Crippen LogP contribution in [0.15, 0.2) is 23.2 Å². The Hall–Kier alpha value is -1.10. The van der Waals surface area contributed by atoms with Crippen molar-refractivity contribution in [2.75, 3.05) is 11.9 Å². The van der Waals surface area contributed by atoms with Crippen molar-refractivity contribution in [1.82, 2.24) is 14.4 Å². The molecule has 1 N–H and O–H groups in total. The molecular formula is C12H17BrN4. The number of aromatic nitrogens is 3. The van der Waals surface area contributed by atoms with Gasteiger partial charge in [-0.15, -0.1) is 0 Å². The fourth-order valence-electron chi connectivity index (χ4n) is 1.78. The Kier molecular flexibility index (Phi) is 4.36. The highest BCUT2D eigenvalue weighted by Crippen LogP contribution is 2.16. The zero-order valence-electron chi connectivity index (χ0n) is 9.99. The summed E-state index contributed by atoms with van der Waals surface area (Å²) in [5.74, 6) is 0.848. The maximum Gasteiger partial charge on any atom is 0.180 e. The van der Waals surface area contributed by atoms with Gasteiger partial charge in [0.2, 0.25) is 0 Å². The number of unbranched alkanes of at least 4 members (excludes halogenated alkanes) is 3. The first-order valence-corrected chi connectivity index (χ1v) is 6.83. The summed E-state index contributed by atoms with van der Waals surface area (Å²) in [6.07, 6.45) is 10.6. The Bertz CT molecular complexity index is 480. The van der Waals surface area contributed by atoms with Gasteiger partial charge in [-0.25, -0.2) is 9.97 Å². The average molecular weight is 297 g/mol. The highest BCUT2D eigenvalue weighted by atomic mass is 79.9. The SMILES string of the molecule is CCCCCCNc1nc(Br)cn2ccnc12. The van der Waals surface area contributed by atoms with Crippen molar-refractivity contribution in [3.63, 3.8) is 0 Å². The van der Waals surface area contributed by atoms with Gasteiger partial charge in [0.25, 0.3) is 0 Å². The first-order valence-electron chi connectivity index (χ1n) is 6.04. The molecule has 0 radical (unpaired) electrons. The van der Waals surface area contributed by atoms with Crippen molar-refractivity contribution >= 4 is 27.4 Å². The van der Waals surface area contributed by atoms with Crippen LogP contribution in [0.4, 0.5) is 5.82 Å². The highest BCUT2D eigenvalue weighted by molar-refractivity contribution is 9.10. The molecule has 0 aliphatic rings. The van der Waals surface area contributed by atoms with Crippen LogP contribution in [0.2, 0.25) is 0 Å². The minimum absolute atomic E-state index is 0.819. The monoisotopic (exact) mass is 296 g/mol. The Labute approximate surface area is 110 Å². The molecule has 5 heteroatoms. The molecule has 0 fully saturated rings. The molecule has 2 aromatic heterocycles. The lowest BCUT2D eigenvalue weighted by Crippen LogP contribution is -2.05. The van der Waals surface area contributed by atoms with Gasteiger partial charge in [0.15, 0.2) is 11.5 Å². The van der Waals surface area contributed by atoms with Crippen molar-refractivity contribution in [2.45, 2.75) is 32.6 Å². The second kappa shape index (κ2) is 6.00. The predicted molar refractivity (Wildman–Crippen MR) is 73.3 cm³/mol. The maximum atomic E-state index is 4.41. The molecule has 2 heterocycles. The Morgan fingerprint density at radius 2 is 2.24 bits per heavy atom. The van der Waals surface area contributed by atoms with Gasteiger partial charge in [-0.05, 0) is 22.4 Å². The third-order valence-electron chi connectivity index (χ3n) is 2.67. The number of imidazole rings is 1. The van der Waals surface area contributed by atoms with E-state index in [9.17, 15) is 0 Å². The van der Waals surface area contributed by atoms with E-state index < -0.39 is 0 Å². The van der Waals surface area contributed by atoms with Crippen LogP contribution < -0.4 is 5.32 Å². The van der Waals surface area contributed by atoms with E-state index >= 15 is 0 Å². The quantitative estimate of drug-likeness (QED) is 0.830. The van der Waals surface area contributed by atoms with Crippen LogP contribution in [0.5, 0.6) is 0 Å². The van der Waals surface area contributed by atoms with Crippen molar-refractivity contribution < 1.29 is 0 Å². The lowest BCUT2D eigenvalue weighted by molar-refractivity contribution is 0.684. The van der Waals surface area contributed by atoms with Gasteiger partial charge in [0, 0.05) is 25.1 Å². The first kappa shape index (κ1) is 12.4. The summed E-state index contributed by atoms with van der Waals surface area (Å²) in [4.78, 5) is 8.71. The van der Waals surface area contributed by atoms with Crippen LogP contribution in [-0.2, 0) is 0 Å². The van der Waals surface area contributed by atoms with E-state index in [1.165, 1.54) is 25.7 Å². The number of nitrogens with zero attached hydrogens (tertiary/aromatic N) is 3. The molecule has 92 valence electrons. The molecule has 17 heavy (non-hydrogen) atoms. The number of nitrogens with one attached hydrogen (secondary N) is 1. The topological polar surface area (TPSA) is 42.2 Å². The summed E-state index contributed by atoms with van der Waals surface area (Å²) in [7, 11) is 0. The molecule has 2 aromatic rings. The second-order valence-corrected chi connectivity index (χ2v) is 4.87. The molecular weight excluding hydrogens is 280 g/mol. The van der Waals surface area contributed by atoms with Crippen LogP contribution in [-0.4, -0.2) is 20.9 Å². The van der Waals surface area contributed by atoms with E-state index in [1.54, 1.807) is 6.20 Å². The van der Waals surface area contributed by atoms with Crippen LogP contribution in [0.25, 0.3) is 5.65 Å². The Balaban J connectivity index is 2.00. The van der Waals surface area contributed by atoms with Crippen molar-refractivity contribution in [1.29, 1.82) is 0 Å². The smallest absolute Gasteiger partial charge is 0.180 e. The molecule has 4 nitrogen and oxygen atoms in total. The van der Waals surface area contributed by atoms with Gasteiger partial charge in [0.1, 0.15) is 4.60 Å². The standard InChI is InChI=1S/C12H17BrN4/c1-2-3-4-5-6-14-11-12-15-7-8-17(12)9-10(13)16-11/h7-9H,2-6H2,1H3,(H,14,16). The average Bonchev–Trinajstić information content (AvgIpc) is 2.76. The number of anilines is 1. The summed E-state index contributed by atoms with van der Waals surface area (Å²) in [6.45, 7) is 3.17. The van der Waals surface area contributed by atoms with E-state index in [1.807, 2.05) is 16.8 Å². The zero-order chi connectivity index (χ0) is 12.1. The van der Waals surface area contributed by atoms with Crippen molar-refractivity contribution in [2.24, 2.45) is 0 Å². The molecule has 0 bridgehead atoms. The molecule has 0 atom stereocenters. The number of rotatable bonds is 6. The Morgan fingerprint density at radius 3 is 3.06 bits per heavy atom. The van der Waals surface area contributed by atoms with Gasteiger partial charge in [-0.3, -0.25) is 0 Å². The zero-order valence-corrected chi connectivity index (χ0v) is 11.6. The summed E-state index contributed by atoms with van der Waals surface area (Å²) < 4.78 is 2.78. The molecule has 0 aromatic carbocycles. The fraction of sp³-hybridized carbons (Fsp3) is 0.500. The van der Waals surface area contributed by atoms with E-state index in [0.29, 0.717) is 0 Å². The summed E-state index contributed by atoms with van der Waals surface area (Å²) in [5, 5.41) is 3.35. The molecule has 2 rings (SSSR count). The number of halogens is 1. The van der Waals surface area contributed by atoms with E-state index in [4.69, 9.17) is 0 Å². The number of fused-ring (bicyclic) bond motifs is 1. The molecule has 0 spiro atoms. The van der Waals surface area contributed by atoms with Gasteiger partial charge in [-0.2, -0.15) is 0 Å². The number of hydrogen-bond acceptors (Lipinski definition) is 3. The third kappa shape index (κ3) is 3.19. The summed E-state index contributed by atoms with van der Waals surface area (Å²) in [5.41, 5.74) is 0.878. The number of hydrogen-bond donors (Lipinski definition) is 1. The maximum absolute atomic E-state index is 4.41. The van der Waals surface area contributed by atoms with Crippen LogP contribution in [0, 0.1) is 0 Å². The normalized spacial score (nSPS) is 10.9. The first-order chi connectivity index (χ1) is 8.31. The molecule has 0 amide bonds. The van der Waals surface area contributed by atoms with Gasteiger partial charge in [-0.1, -0.05) is 26.2 Å². The largest absolute Gasteiger partial charge is 0.367 e. The van der Waals surface area contributed by atoms with E-state index in [-0.39, 0.29) is 0 Å². The van der Waals surface area contributed by atoms with Gasteiger partial charge < -0.3 is 9.72 Å². The summed E-state index contributed by atoms with van der Waals surface area (Å²) in [6, 6.07) is 0. The van der Waals surface area contributed by atoms with Crippen LogP contribution in [0.1, 0.15) is 32.6 Å². The van der Waals surface area contributed by atoms with Gasteiger partial charge >= 0.3 is 0 Å². The van der Waals surface area contributed by atoms with Crippen molar-refractivity contribution in [3.8, 4) is 0 Å². The lowest BCUT2D eigenvalue weighted by Gasteiger charge is -2.07. The third-order valence-corrected chi connectivity index (χ3v) is 3.05. The fourth-order valence-corrected chi connectivity index (χ4v) is 2.18. The second-order valence-electron chi connectivity index (χ2n) is 4.06.